The highest BCUT2D eigenvalue weighted by Crippen LogP contribution is 2.45. The van der Waals surface area contributed by atoms with E-state index in [9.17, 15) is 9.90 Å². The molecule has 1 aliphatic rings. The minimum Gasteiger partial charge on any atom is -0.462 e. The van der Waals surface area contributed by atoms with Crippen molar-refractivity contribution in [3.63, 3.8) is 0 Å². The van der Waals surface area contributed by atoms with Crippen molar-refractivity contribution in [3.05, 3.63) is 4.88 Å². The van der Waals surface area contributed by atoms with Crippen LogP contribution in [0.4, 0.5) is 10.7 Å². The lowest BCUT2D eigenvalue weighted by Gasteiger charge is -2.36. The average molecular weight is 330 g/mol. The van der Waals surface area contributed by atoms with Crippen molar-refractivity contribution in [2.24, 2.45) is 0 Å². The predicted octanol–water partition coefficient (Wildman–Crippen LogP) is 2.58. The predicted molar refractivity (Wildman–Crippen MR) is 88.5 cm³/mol. The molecule has 0 radical (unpaired) electrons. The number of carbonyl (C=O) groups is 1. The molecule has 0 bridgehead atoms. The zero-order valence-electron chi connectivity index (χ0n) is 12.6. The van der Waals surface area contributed by atoms with Crippen LogP contribution in [0.25, 0.3) is 0 Å². The summed E-state index contributed by atoms with van der Waals surface area (Å²) >= 11 is 2.93. The van der Waals surface area contributed by atoms with Gasteiger partial charge in [-0.05, 0) is 32.9 Å². The first kappa shape index (κ1) is 16.5. The third-order valence-electron chi connectivity index (χ3n) is 3.67. The van der Waals surface area contributed by atoms with Crippen LogP contribution in [0.5, 0.6) is 0 Å². The lowest BCUT2D eigenvalue weighted by atomic mass is 9.94. The fraction of sp³-hybridized carbons (Fsp3) is 0.643. The summed E-state index contributed by atoms with van der Waals surface area (Å²) in [5.74, 6) is -0.356. The first-order valence-corrected chi connectivity index (χ1v) is 9.04. The molecule has 1 fully saturated rings. The number of thioether (sulfide) groups is 1. The van der Waals surface area contributed by atoms with Gasteiger partial charge in [-0.25, -0.2) is 4.79 Å². The number of thiophene rings is 1. The smallest absolute Gasteiger partial charge is 0.350 e. The van der Waals surface area contributed by atoms with E-state index in [1.165, 1.54) is 11.3 Å². The maximum atomic E-state index is 12.0. The van der Waals surface area contributed by atoms with Gasteiger partial charge in [0.25, 0.3) is 0 Å². The molecule has 0 amide bonds. The number of aliphatic hydroxyl groups is 1. The Balaban J connectivity index is 2.27. The summed E-state index contributed by atoms with van der Waals surface area (Å²) in [4.78, 5) is 15.6. The number of carbonyl (C=O) groups excluding carboxylic acids is 1. The molecule has 0 saturated carbocycles. The highest BCUT2D eigenvalue weighted by Gasteiger charge is 2.31. The van der Waals surface area contributed by atoms with Crippen molar-refractivity contribution in [3.8, 4) is 0 Å². The normalized spacial score (nSPS) is 17.8. The van der Waals surface area contributed by atoms with E-state index in [1.807, 2.05) is 13.2 Å². The largest absolute Gasteiger partial charge is 0.462 e. The van der Waals surface area contributed by atoms with Gasteiger partial charge >= 0.3 is 5.97 Å². The van der Waals surface area contributed by atoms with Crippen molar-refractivity contribution in [2.75, 3.05) is 36.6 Å². The Morgan fingerprint density at radius 3 is 2.67 bits per heavy atom. The molecule has 1 aromatic heterocycles. The van der Waals surface area contributed by atoms with Crippen LogP contribution in [-0.4, -0.2) is 42.6 Å². The van der Waals surface area contributed by atoms with Crippen molar-refractivity contribution in [1.29, 1.82) is 0 Å². The first-order valence-electron chi connectivity index (χ1n) is 7.00. The Kier molecular flexibility index (Phi) is 5.06. The van der Waals surface area contributed by atoms with Gasteiger partial charge in [-0.15, -0.1) is 23.1 Å². The average Bonchev–Trinajstić information content (AvgIpc) is 2.76. The van der Waals surface area contributed by atoms with Crippen molar-refractivity contribution >= 4 is 39.8 Å². The van der Waals surface area contributed by atoms with Crippen LogP contribution >= 0.6 is 23.1 Å². The van der Waals surface area contributed by atoms with Crippen LogP contribution in [0.2, 0.25) is 0 Å². The zero-order chi connectivity index (χ0) is 15.6. The van der Waals surface area contributed by atoms with Gasteiger partial charge in [-0.2, -0.15) is 0 Å². The van der Waals surface area contributed by atoms with E-state index < -0.39 is 5.60 Å². The lowest BCUT2D eigenvalue weighted by molar-refractivity contribution is 0.0351. The molecule has 0 aromatic carbocycles. The summed E-state index contributed by atoms with van der Waals surface area (Å²) in [5, 5.41) is 11.1. The van der Waals surface area contributed by atoms with Crippen LogP contribution in [0.15, 0.2) is 4.90 Å². The Labute approximate surface area is 133 Å². The SMILES string of the molecule is CCOC(=O)c1sc(N2CCC(C)(O)CC2)c(SC)c1N. The maximum Gasteiger partial charge on any atom is 0.350 e. The number of piperidine rings is 1. The van der Waals surface area contributed by atoms with Gasteiger partial charge in [0.15, 0.2) is 0 Å². The van der Waals surface area contributed by atoms with Crippen LogP contribution in [0.1, 0.15) is 36.4 Å². The first-order chi connectivity index (χ1) is 9.89. The van der Waals surface area contributed by atoms with Crippen molar-refractivity contribution < 1.29 is 14.6 Å². The summed E-state index contributed by atoms with van der Waals surface area (Å²) in [6.45, 7) is 5.52. The molecule has 0 aliphatic carbocycles. The van der Waals surface area contributed by atoms with E-state index >= 15 is 0 Å². The van der Waals surface area contributed by atoms with Gasteiger partial charge in [0.1, 0.15) is 9.88 Å². The number of esters is 1. The molecule has 7 heteroatoms. The van der Waals surface area contributed by atoms with E-state index in [4.69, 9.17) is 10.5 Å². The second kappa shape index (κ2) is 6.46. The van der Waals surface area contributed by atoms with Crippen molar-refractivity contribution in [2.45, 2.75) is 37.2 Å². The Bertz CT molecular complexity index is 519. The molecule has 1 aliphatic heterocycles. The number of ether oxygens (including phenoxy) is 1. The molecule has 1 aromatic rings. The Morgan fingerprint density at radius 1 is 1.52 bits per heavy atom. The van der Waals surface area contributed by atoms with Crippen LogP contribution in [-0.2, 0) is 4.74 Å². The summed E-state index contributed by atoms with van der Waals surface area (Å²) in [7, 11) is 0. The maximum absolute atomic E-state index is 12.0. The van der Waals surface area contributed by atoms with Gasteiger partial charge in [0.2, 0.25) is 0 Å². The number of hydrogen-bond acceptors (Lipinski definition) is 7. The zero-order valence-corrected chi connectivity index (χ0v) is 14.3. The van der Waals surface area contributed by atoms with E-state index in [-0.39, 0.29) is 5.97 Å². The Morgan fingerprint density at radius 2 is 2.14 bits per heavy atom. The molecule has 21 heavy (non-hydrogen) atoms. The molecular weight excluding hydrogens is 308 g/mol. The molecule has 5 nitrogen and oxygen atoms in total. The van der Waals surface area contributed by atoms with Gasteiger partial charge < -0.3 is 20.5 Å². The Hall–Kier alpha value is -0.920. The monoisotopic (exact) mass is 330 g/mol. The van der Waals surface area contributed by atoms with E-state index in [0.29, 0.717) is 30.0 Å². The molecular formula is C14H22N2O3S2. The highest BCUT2D eigenvalue weighted by atomic mass is 32.2. The number of rotatable bonds is 4. The second-order valence-corrected chi connectivity index (χ2v) is 7.20. The van der Waals surface area contributed by atoms with Crippen molar-refractivity contribution in [1.82, 2.24) is 0 Å². The van der Waals surface area contributed by atoms with Gasteiger partial charge in [-0.3, -0.25) is 0 Å². The van der Waals surface area contributed by atoms with E-state index in [1.54, 1.807) is 18.7 Å². The fourth-order valence-corrected chi connectivity index (χ4v) is 4.49. The van der Waals surface area contributed by atoms with Crippen LogP contribution in [0.3, 0.4) is 0 Å². The molecule has 0 unspecified atom stereocenters. The number of nitrogens with two attached hydrogens (primary N) is 1. The quantitative estimate of drug-likeness (QED) is 0.653. The molecule has 118 valence electrons. The molecule has 2 rings (SSSR count). The van der Waals surface area contributed by atoms with E-state index in [0.717, 1.165) is 23.0 Å². The minimum absolute atomic E-state index is 0.340. The molecule has 0 atom stereocenters. The number of nitrogen functional groups attached to an aromatic ring is 1. The van der Waals surface area contributed by atoms with Gasteiger partial charge in [0.05, 0.1) is 22.8 Å². The third kappa shape index (κ3) is 3.46. The summed E-state index contributed by atoms with van der Waals surface area (Å²) in [6, 6.07) is 0. The highest BCUT2D eigenvalue weighted by molar-refractivity contribution is 7.99. The fourth-order valence-electron chi connectivity index (χ4n) is 2.36. The van der Waals surface area contributed by atoms with Crippen LogP contribution in [0, 0.1) is 0 Å². The van der Waals surface area contributed by atoms with E-state index in [2.05, 4.69) is 4.90 Å². The standard InChI is InChI=1S/C14H22N2O3S2/c1-4-19-13(17)11-9(15)10(20-3)12(21-11)16-7-5-14(2,18)6-8-16/h18H,4-8,15H2,1-3H3. The molecule has 0 spiro atoms. The number of hydrogen-bond donors (Lipinski definition) is 2. The number of nitrogens with zero attached hydrogens (tertiary/aromatic N) is 1. The van der Waals surface area contributed by atoms with Gasteiger partial charge in [0, 0.05) is 13.1 Å². The third-order valence-corrected chi connectivity index (χ3v) is 5.87. The molecule has 2 heterocycles. The summed E-state index contributed by atoms with van der Waals surface area (Å²) < 4.78 is 5.07. The minimum atomic E-state index is -0.594. The molecule has 1 saturated heterocycles. The summed E-state index contributed by atoms with van der Waals surface area (Å²) in [5.41, 5.74) is 6.04. The van der Waals surface area contributed by atoms with Crippen LogP contribution < -0.4 is 10.6 Å². The second-order valence-electron chi connectivity index (χ2n) is 5.39. The lowest BCUT2D eigenvalue weighted by Crippen LogP contribution is -2.42. The van der Waals surface area contributed by atoms with Gasteiger partial charge in [-0.1, -0.05) is 0 Å². The topological polar surface area (TPSA) is 75.8 Å². The molecule has 3 N–H and O–H groups in total. The number of anilines is 2. The summed E-state index contributed by atoms with van der Waals surface area (Å²) in [6.07, 6.45) is 3.39.